The van der Waals surface area contributed by atoms with Crippen LogP contribution < -0.4 is 15.0 Å². The van der Waals surface area contributed by atoms with Gasteiger partial charge in [0, 0.05) is 18.0 Å². The number of pyridine rings is 1. The second-order valence-electron chi connectivity index (χ2n) is 8.68. The fourth-order valence-electron chi connectivity index (χ4n) is 4.42. The first-order valence-electron chi connectivity index (χ1n) is 11.3. The zero-order chi connectivity index (χ0) is 25.1. The van der Waals surface area contributed by atoms with Crippen LogP contribution in [0.3, 0.4) is 0 Å². The Morgan fingerprint density at radius 2 is 1.77 bits per heavy atom. The molecular weight excluding hydrogens is 446 g/mol. The Bertz CT molecular complexity index is 1280. The Hall–Kier alpha value is -4.20. The molecule has 0 radical (unpaired) electrons. The van der Waals surface area contributed by atoms with Crippen LogP contribution in [0.1, 0.15) is 34.7 Å². The summed E-state index contributed by atoms with van der Waals surface area (Å²) in [6.07, 6.45) is 2.96. The molecule has 3 aromatic rings. The number of carbonyl (C=O) groups is 3. The van der Waals surface area contributed by atoms with E-state index in [4.69, 9.17) is 4.74 Å². The average molecular weight is 474 g/mol. The molecule has 1 aliphatic rings. The fourth-order valence-corrected chi connectivity index (χ4v) is 4.42. The molecule has 0 spiro atoms. The van der Waals surface area contributed by atoms with Crippen molar-refractivity contribution in [2.75, 3.05) is 18.1 Å². The van der Waals surface area contributed by atoms with Crippen molar-refractivity contribution >= 4 is 23.5 Å². The number of nitrogens with one attached hydrogen (secondary N) is 1. The van der Waals surface area contributed by atoms with Gasteiger partial charge in [-0.2, -0.15) is 0 Å². The zero-order valence-corrected chi connectivity index (χ0v) is 19.9. The summed E-state index contributed by atoms with van der Waals surface area (Å²) in [5.74, 6) is -1.31. The minimum atomic E-state index is -1.06. The number of fused-ring (bicyclic) bond motifs is 1. The van der Waals surface area contributed by atoms with Crippen molar-refractivity contribution in [1.29, 1.82) is 0 Å². The van der Waals surface area contributed by atoms with E-state index in [-0.39, 0.29) is 25.5 Å². The third kappa shape index (κ3) is 5.16. The van der Waals surface area contributed by atoms with Crippen LogP contribution in [0.2, 0.25) is 0 Å². The van der Waals surface area contributed by atoms with E-state index in [2.05, 4.69) is 10.3 Å². The molecule has 180 valence electrons. The molecule has 2 amide bonds. The molecule has 8 heteroatoms. The lowest BCUT2D eigenvalue weighted by molar-refractivity contribution is -0.138. The number of carboxylic acid groups (broad SMARTS) is 1. The normalized spacial score (nSPS) is 13.6. The zero-order valence-electron chi connectivity index (χ0n) is 19.9. The van der Waals surface area contributed by atoms with Crippen molar-refractivity contribution in [3.05, 3.63) is 77.1 Å². The highest BCUT2D eigenvalue weighted by Crippen LogP contribution is 2.35. The number of nitrogens with zero attached hydrogens (tertiary/aromatic N) is 2. The number of anilines is 1. The molecule has 2 N–H and O–H groups in total. The van der Waals surface area contributed by atoms with Gasteiger partial charge in [0.25, 0.3) is 5.91 Å². The number of amides is 2. The first-order chi connectivity index (χ1) is 16.7. The van der Waals surface area contributed by atoms with Gasteiger partial charge < -0.3 is 15.2 Å². The topological polar surface area (TPSA) is 109 Å². The molecule has 0 saturated heterocycles. The standard InChI is InChI=1S/C27H27N3O5/c1-16-6-4-7-17(2)26(16)20-10-19(12-28-13-20)21(11-25(33)34)29-23(31)14-30-22-9-5-8-18(3)27(22)35-15-24(30)32/h4-10,12-13,21H,11,14-15H2,1-3H3,(H,29,31)(H,33,34)/t21-/m0/s1. The number of para-hydroxylation sites is 1. The van der Waals surface area contributed by atoms with E-state index in [1.165, 1.54) is 4.90 Å². The van der Waals surface area contributed by atoms with Crippen LogP contribution in [0.5, 0.6) is 5.75 Å². The summed E-state index contributed by atoms with van der Waals surface area (Å²) in [7, 11) is 0. The Morgan fingerprint density at radius 3 is 2.49 bits per heavy atom. The molecule has 2 aromatic carbocycles. The van der Waals surface area contributed by atoms with Crippen LogP contribution in [0.15, 0.2) is 54.9 Å². The van der Waals surface area contributed by atoms with Crippen molar-refractivity contribution in [3.63, 3.8) is 0 Å². The number of ether oxygens (including phenoxy) is 1. The van der Waals surface area contributed by atoms with Crippen LogP contribution in [0.4, 0.5) is 5.69 Å². The maximum atomic E-state index is 13.0. The van der Waals surface area contributed by atoms with Crippen LogP contribution in [0, 0.1) is 20.8 Å². The largest absolute Gasteiger partial charge is 0.481 e. The molecule has 8 nitrogen and oxygen atoms in total. The third-order valence-electron chi connectivity index (χ3n) is 6.07. The smallest absolute Gasteiger partial charge is 0.305 e. The van der Waals surface area contributed by atoms with Crippen molar-refractivity contribution in [3.8, 4) is 16.9 Å². The predicted octanol–water partition coefficient (Wildman–Crippen LogP) is 3.73. The highest BCUT2D eigenvalue weighted by molar-refractivity contribution is 6.02. The molecule has 1 aromatic heterocycles. The monoisotopic (exact) mass is 473 g/mol. The van der Waals surface area contributed by atoms with Crippen LogP contribution >= 0.6 is 0 Å². The van der Waals surface area contributed by atoms with E-state index in [0.29, 0.717) is 17.0 Å². The minimum Gasteiger partial charge on any atom is -0.481 e. The first kappa shape index (κ1) is 23.9. The Balaban J connectivity index is 1.59. The molecule has 4 rings (SSSR count). The Kier molecular flexibility index (Phi) is 6.82. The Morgan fingerprint density at radius 1 is 1.09 bits per heavy atom. The molecule has 35 heavy (non-hydrogen) atoms. The van der Waals surface area contributed by atoms with Gasteiger partial charge in [-0.3, -0.25) is 24.3 Å². The lowest BCUT2D eigenvalue weighted by Crippen LogP contribution is -2.46. The first-order valence-corrected chi connectivity index (χ1v) is 11.3. The summed E-state index contributed by atoms with van der Waals surface area (Å²) in [6.45, 7) is 5.46. The summed E-state index contributed by atoms with van der Waals surface area (Å²) >= 11 is 0. The quantitative estimate of drug-likeness (QED) is 0.541. The molecule has 0 aliphatic carbocycles. The molecular formula is C27H27N3O5. The number of aliphatic carboxylic acids is 1. The maximum absolute atomic E-state index is 13.0. The van der Waals surface area contributed by atoms with Gasteiger partial charge in [-0.05, 0) is 60.7 Å². The van der Waals surface area contributed by atoms with E-state index < -0.39 is 17.9 Å². The number of benzene rings is 2. The number of carboxylic acids is 1. The highest BCUT2D eigenvalue weighted by Gasteiger charge is 2.29. The minimum absolute atomic E-state index is 0.161. The van der Waals surface area contributed by atoms with Gasteiger partial charge in [0.1, 0.15) is 12.3 Å². The van der Waals surface area contributed by atoms with E-state index in [1.54, 1.807) is 24.5 Å². The predicted molar refractivity (Wildman–Crippen MR) is 131 cm³/mol. The van der Waals surface area contributed by atoms with Gasteiger partial charge >= 0.3 is 5.97 Å². The van der Waals surface area contributed by atoms with Crippen molar-refractivity contribution < 1.29 is 24.2 Å². The van der Waals surface area contributed by atoms with Crippen LogP contribution in [-0.4, -0.2) is 41.0 Å². The second kappa shape index (κ2) is 9.97. The van der Waals surface area contributed by atoms with Gasteiger partial charge in [-0.1, -0.05) is 30.3 Å². The molecule has 0 fully saturated rings. The van der Waals surface area contributed by atoms with Crippen molar-refractivity contribution in [1.82, 2.24) is 10.3 Å². The van der Waals surface area contributed by atoms with E-state index in [1.807, 2.05) is 51.1 Å². The van der Waals surface area contributed by atoms with Gasteiger partial charge in [-0.25, -0.2) is 0 Å². The van der Waals surface area contributed by atoms with Crippen molar-refractivity contribution in [2.45, 2.75) is 33.2 Å². The average Bonchev–Trinajstić information content (AvgIpc) is 2.80. The fraction of sp³-hybridized carbons (Fsp3) is 0.259. The van der Waals surface area contributed by atoms with Crippen molar-refractivity contribution in [2.24, 2.45) is 0 Å². The number of hydrogen-bond acceptors (Lipinski definition) is 5. The number of carbonyl (C=O) groups excluding carboxylic acids is 2. The SMILES string of the molecule is Cc1cccc2c1OCC(=O)N2CC(=O)N[C@@H](CC(=O)O)c1cncc(-c2c(C)cccc2C)c1. The molecule has 1 aliphatic heterocycles. The lowest BCUT2D eigenvalue weighted by atomic mass is 9.94. The molecule has 0 bridgehead atoms. The number of rotatable bonds is 7. The summed E-state index contributed by atoms with van der Waals surface area (Å²) in [5.41, 5.74) is 5.96. The molecule has 0 saturated carbocycles. The number of aryl methyl sites for hydroxylation is 3. The van der Waals surface area contributed by atoms with E-state index in [9.17, 15) is 19.5 Å². The second-order valence-corrected chi connectivity index (χ2v) is 8.68. The molecule has 0 unspecified atom stereocenters. The Labute approximate surface area is 203 Å². The van der Waals surface area contributed by atoms with Gasteiger partial charge in [0.15, 0.2) is 6.61 Å². The maximum Gasteiger partial charge on any atom is 0.305 e. The third-order valence-corrected chi connectivity index (χ3v) is 6.07. The van der Waals surface area contributed by atoms with E-state index in [0.717, 1.165) is 27.8 Å². The lowest BCUT2D eigenvalue weighted by Gasteiger charge is -2.30. The van der Waals surface area contributed by atoms with Crippen LogP contribution in [-0.2, 0) is 14.4 Å². The van der Waals surface area contributed by atoms with Gasteiger partial charge in [0.2, 0.25) is 5.91 Å². The van der Waals surface area contributed by atoms with Gasteiger partial charge in [-0.15, -0.1) is 0 Å². The number of hydrogen-bond donors (Lipinski definition) is 2. The summed E-state index contributed by atoms with van der Waals surface area (Å²) in [5, 5.41) is 12.3. The number of aromatic nitrogens is 1. The summed E-state index contributed by atoms with van der Waals surface area (Å²) in [4.78, 5) is 42.8. The summed E-state index contributed by atoms with van der Waals surface area (Å²) in [6, 6.07) is 12.4. The van der Waals surface area contributed by atoms with Gasteiger partial charge in [0.05, 0.1) is 18.2 Å². The van der Waals surface area contributed by atoms with Crippen LogP contribution in [0.25, 0.3) is 11.1 Å². The summed E-state index contributed by atoms with van der Waals surface area (Å²) < 4.78 is 5.55. The van der Waals surface area contributed by atoms with E-state index >= 15 is 0 Å². The highest BCUT2D eigenvalue weighted by atomic mass is 16.5. The molecule has 1 atom stereocenters. The molecule has 2 heterocycles.